The number of carbonyl (C=O) groups excluding carboxylic acids is 1. The summed E-state index contributed by atoms with van der Waals surface area (Å²) in [6.07, 6.45) is 4.97. The Kier molecular flexibility index (Phi) is 13.4. The molecule has 0 aromatic heterocycles. The smallest absolute Gasteiger partial charge is 0.311 e. The molecule has 6 nitrogen and oxygen atoms in total. The number of benzene rings is 1. The van der Waals surface area contributed by atoms with Gasteiger partial charge >= 0.3 is 5.91 Å². The van der Waals surface area contributed by atoms with Crippen LogP contribution in [0.4, 0.5) is 0 Å². The lowest BCUT2D eigenvalue weighted by Crippen LogP contribution is -2.22. The van der Waals surface area contributed by atoms with Crippen LogP contribution < -0.4 is 5.32 Å². The molecule has 0 heterocycles. The molecule has 1 atom stereocenters. The molecule has 0 aliphatic heterocycles. The van der Waals surface area contributed by atoms with Gasteiger partial charge in [-0.2, -0.15) is 5.26 Å². The number of hydrogen-bond donors (Lipinski definition) is 1. The van der Waals surface area contributed by atoms with Crippen molar-refractivity contribution < 1.29 is 4.79 Å². The lowest BCUT2D eigenvalue weighted by atomic mass is 9.98. The van der Waals surface area contributed by atoms with Gasteiger partial charge in [0.15, 0.2) is 0 Å². The number of aliphatic imine (C=N–C) groups is 1. The Morgan fingerprint density at radius 1 is 1.32 bits per heavy atom. The molecule has 1 aromatic rings. The van der Waals surface area contributed by atoms with E-state index in [1.165, 1.54) is 5.54 Å². The summed E-state index contributed by atoms with van der Waals surface area (Å²) < 4.78 is 0. The lowest BCUT2D eigenvalue weighted by molar-refractivity contribution is -0.118. The van der Waals surface area contributed by atoms with Crippen LogP contribution in [0.2, 0.25) is 0 Å². The number of likely N-dealkylation sites (N-methyl/N-ethyl adjacent to an activating group) is 1. The van der Waals surface area contributed by atoms with Crippen molar-refractivity contribution in [2.75, 3.05) is 7.05 Å². The van der Waals surface area contributed by atoms with Crippen LogP contribution in [-0.2, 0) is 4.79 Å². The zero-order valence-corrected chi connectivity index (χ0v) is 17.3. The first-order valence-electron chi connectivity index (χ1n) is 8.82. The minimum Gasteiger partial charge on any atom is -0.388 e. The molecule has 1 aromatic carbocycles. The highest BCUT2D eigenvalue weighted by Crippen LogP contribution is 2.18. The average molecular weight is 401 g/mol. The monoisotopic (exact) mass is 400 g/mol. The molecule has 0 fully saturated rings. The Balaban J connectivity index is 0.00000352. The summed E-state index contributed by atoms with van der Waals surface area (Å²) in [4.78, 5) is 26.8. The number of nitrogens with one attached hydrogen (secondary N) is 1. The van der Waals surface area contributed by atoms with Gasteiger partial charge in [-0.15, -0.1) is 4.91 Å². The van der Waals surface area contributed by atoms with Crippen molar-refractivity contribution in [1.82, 2.24) is 5.32 Å². The fraction of sp³-hybridized carbons (Fsp3) is 0.286. The highest BCUT2D eigenvalue weighted by atomic mass is 35.5. The van der Waals surface area contributed by atoms with Crippen LogP contribution in [0, 0.1) is 16.2 Å². The maximum atomic E-state index is 11.8. The number of nitriles is 1. The second-order valence-corrected chi connectivity index (χ2v) is 5.25. The molecule has 1 rings (SSSR count). The molecule has 1 unspecified atom stereocenters. The summed E-state index contributed by atoms with van der Waals surface area (Å²) >= 11 is 5.60. The summed E-state index contributed by atoms with van der Waals surface area (Å²) in [7, 11) is 1.74. The minimum absolute atomic E-state index is 0.238. The van der Waals surface area contributed by atoms with E-state index < -0.39 is 11.9 Å². The molecule has 0 saturated heterocycles. The maximum absolute atomic E-state index is 11.8. The third-order valence-corrected chi connectivity index (χ3v) is 3.58. The summed E-state index contributed by atoms with van der Waals surface area (Å²) in [6.45, 7) is 5.82. The molecule has 0 spiro atoms. The Morgan fingerprint density at radius 3 is 2.43 bits per heavy atom. The van der Waals surface area contributed by atoms with E-state index in [4.69, 9.17) is 16.9 Å². The van der Waals surface area contributed by atoms with E-state index >= 15 is 0 Å². The summed E-state index contributed by atoms with van der Waals surface area (Å²) in [5, 5.41) is 14.4. The number of halogens is 1. The van der Waals surface area contributed by atoms with Gasteiger partial charge in [0.25, 0.3) is 0 Å². The number of rotatable bonds is 8. The third-order valence-electron chi connectivity index (χ3n) is 3.43. The molecule has 0 bridgehead atoms. The van der Waals surface area contributed by atoms with Crippen LogP contribution in [-0.4, -0.2) is 24.7 Å². The molecule has 0 radical (unpaired) electrons. The fourth-order valence-corrected chi connectivity index (χ4v) is 2.32. The van der Waals surface area contributed by atoms with E-state index in [1.54, 1.807) is 19.2 Å². The van der Waals surface area contributed by atoms with Gasteiger partial charge in [-0.05, 0) is 19.1 Å². The van der Waals surface area contributed by atoms with Gasteiger partial charge in [-0.1, -0.05) is 61.9 Å². The van der Waals surface area contributed by atoms with Crippen molar-refractivity contribution in [3.63, 3.8) is 0 Å². The van der Waals surface area contributed by atoms with Crippen molar-refractivity contribution in [3.8, 4) is 6.07 Å². The maximum Gasteiger partial charge on any atom is 0.311 e. The van der Waals surface area contributed by atoms with Crippen LogP contribution in [0.25, 0.3) is 0 Å². The SMILES string of the molecule is CC.C\C=C(C(=NC(CC#N)C(=O)N=O)c1ccccc1)/C(=C\C=C\Cl)NC. The van der Waals surface area contributed by atoms with Gasteiger partial charge < -0.3 is 5.32 Å². The predicted molar refractivity (Wildman–Crippen MR) is 115 cm³/mol. The first kappa shape index (κ1) is 25.0. The Labute approximate surface area is 171 Å². The fourth-order valence-electron chi connectivity index (χ4n) is 2.25. The third kappa shape index (κ3) is 7.68. The van der Waals surface area contributed by atoms with Crippen molar-refractivity contribution >= 4 is 23.2 Å². The topological polar surface area (TPSA) is 94.7 Å². The van der Waals surface area contributed by atoms with Crippen LogP contribution in [0.3, 0.4) is 0 Å². The normalized spacial score (nSPS) is 13.2. The summed E-state index contributed by atoms with van der Waals surface area (Å²) in [5.41, 5.74) is 3.96. The summed E-state index contributed by atoms with van der Waals surface area (Å²) in [5.74, 6) is -0.980. The van der Waals surface area contributed by atoms with Gasteiger partial charge in [0.05, 0.1) is 18.2 Å². The van der Waals surface area contributed by atoms with Crippen molar-refractivity contribution in [3.05, 3.63) is 75.8 Å². The molecule has 28 heavy (non-hydrogen) atoms. The zero-order chi connectivity index (χ0) is 21.4. The van der Waals surface area contributed by atoms with Gasteiger partial charge in [-0.3, -0.25) is 9.79 Å². The zero-order valence-electron chi connectivity index (χ0n) is 16.5. The van der Waals surface area contributed by atoms with Gasteiger partial charge in [-0.25, -0.2) is 0 Å². The molecule has 1 N–H and O–H groups in total. The number of carbonyl (C=O) groups is 1. The van der Waals surface area contributed by atoms with Crippen LogP contribution in [0.5, 0.6) is 0 Å². The first-order valence-corrected chi connectivity index (χ1v) is 9.25. The lowest BCUT2D eigenvalue weighted by Gasteiger charge is -2.16. The molecule has 0 aliphatic carbocycles. The molecule has 1 amide bonds. The van der Waals surface area contributed by atoms with Crippen LogP contribution >= 0.6 is 11.6 Å². The van der Waals surface area contributed by atoms with Gasteiger partial charge in [0.1, 0.15) is 6.04 Å². The largest absolute Gasteiger partial charge is 0.388 e. The van der Waals surface area contributed by atoms with Crippen molar-refractivity contribution in [2.45, 2.75) is 33.2 Å². The van der Waals surface area contributed by atoms with E-state index in [0.29, 0.717) is 17.0 Å². The number of nitroso groups, excluding NO2 is 1. The van der Waals surface area contributed by atoms with Crippen LogP contribution in [0.15, 0.2) is 75.5 Å². The van der Waals surface area contributed by atoms with Crippen molar-refractivity contribution in [1.29, 1.82) is 5.26 Å². The molecular weight excluding hydrogens is 376 g/mol. The molecule has 7 heteroatoms. The van der Waals surface area contributed by atoms with E-state index in [9.17, 15) is 9.70 Å². The minimum atomic E-state index is -1.16. The van der Waals surface area contributed by atoms with E-state index in [0.717, 1.165) is 5.56 Å². The standard InChI is InChI=1S/C19H19ClN4O2.C2H6/c1-3-15(16(22-2)10-7-12-20)18(14-8-5-4-6-9-14)23-17(11-13-21)19(25)24-26;1-2/h3-10,12,17,22H,11H2,1-2H3;1-2H3/b12-7+,15-3+,16-10+,23-18?;. The first-order chi connectivity index (χ1) is 13.6. The average Bonchev–Trinajstić information content (AvgIpc) is 2.76. The molecule has 0 aliphatic rings. The van der Waals surface area contributed by atoms with E-state index in [2.05, 4.69) is 15.5 Å². The number of nitrogens with zero attached hydrogens (tertiary/aromatic N) is 3. The second kappa shape index (κ2) is 15.1. The Morgan fingerprint density at radius 2 is 1.96 bits per heavy atom. The predicted octanol–water partition coefficient (Wildman–Crippen LogP) is 4.88. The summed E-state index contributed by atoms with van der Waals surface area (Å²) in [6, 6.07) is 9.88. The Bertz CT molecular complexity index is 790. The van der Waals surface area contributed by atoms with Gasteiger partial charge in [0.2, 0.25) is 0 Å². The highest BCUT2D eigenvalue weighted by Gasteiger charge is 2.21. The van der Waals surface area contributed by atoms with E-state index in [-0.39, 0.29) is 6.42 Å². The van der Waals surface area contributed by atoms with Crippen molar-refractivity contribution in [2.24, 2.45) is 10.2 Å². The van der Waals surface area contributed by atoms with Gasteiger partial charge in [0, 0.05) is 34.6 Å². The molecular formula is C21H25ClN4O2. The number of amides is 1. The number of hydrogen-bond acceptors (Lipinski definition) is 5. The second-order valence-electron chi connectivity index (χ2n) is 5.00. The van der Waals surface area contributed by atoms with E-state index in [1.807, 2.05) is 63.2 Å². The highest BCUT2D eigenvalue weighted by molar-refractivity contribution is 6.25. The Hall–Kier alpha value is -3.04. The number of allylic oxidation sites excluding steroid dienone is 4. The molecule has 0 saturated carbocycles. The van der Waals surface area contributed by atoms with Crippen LogP contribution in [0.1, 0.15) is 32.8 Å². The quantitative estimate of drug-likeness (QED) is 0.382. The molecule has 148 valence electrons.